The third-order valence-electron chi connectivity index (χ3n) is 10.0. The lowest BCUT2D eigenvalue weighted by atomic mass is 9.86. The van der Waals surface area contributed by atoms with E-state index in [2.05, 4.69) is 4.90 Å². The number of ether oxygens (including phenoxy) is 1. The fourth-order valence-electron chi connectivity index (χ4n) is 7.54. The van der Waals surface area contributed by atoms with Crippen LogP contribution in [0, 0.1) is 0 Å². The maximum atomic E-state index is 14.0. The molecular formula is C36H44N4O5. The Morgan fingerprint density at radius 3 is 2.24 bits per heavy atom. The Bertz CT molecular complexity index is 1380. The van der Waals surface area contributed by atoms with Gasteiger partial charge < -0.3 is 14.5 Å². The van der Waals surface area contributed by atoms with Crippen LogP contribution in [0.15, 0.2) is 66.7 Å². The molecule has 1 aliphatic carbocycles. The predicted octanol–water partition coefficient (Wildman–Crippen LogP) is 4.69. The largest absolute Gasteiger partial charge is 0.447 e. The van der Waals surface area contributed by atoms with Gasteiger partial charge in [-0.15, -0.1) is 0 Å². The van der Waals surface area contributed by atoms with Gasteiger partial charge in [0, 0.05) is 38.6 Å². The van der Waals surface area contributed by atoms with Gasteiger partial charge in [-0.1, -0.05) is 92.1 Å². The standard InChI is InChI=1S/C36H44N4O5/c1-26(41)30(19-20-33(42)38-23-21-37(22-24-38)29-15-9-4-10-16-29)39-31(18-17-27-11-5-2-6-12-27)34(35(39)43)40-32(25-45-36(40)44)28-13-7-3-8-14-28/h2-3,5-8,11-14,17-18,29-32,34H,4,9-10,15-16,19-25H2,1H3/b18-17+/t30-,31+,32+,34-/m0/s1. The Morgan fingerprint density at radius 1 is 0.911 bits per heavy atom. The fourth-order valence-corrected chi connectivity index (χ4v) is 7.54. The van der Waals surface area contributed by atoms with Gasteiger partial charge in [0.1, 0.15) is 12.6 Å². The molecule has 4 fully saturated rings. The highest BCUT2D eigenvalue weighted by Crippen LogP contribution is 2.39. The highest BCUT2D eigenvalue weighted by atomic mass is 16.6. The fraction of sp³-hybridized carbons (Fsp3) is 0.500. The van der Waals surface area contributed by atoms with Gasteiger partial charge >= 0.3 is 6.09 Å². The number of β-lactam (4-membered cyclic amide) rings is 1. The summed E-state index contributed by atoms with van der Waals surface area (Å²) >= 11 is 0. The highest BCUT2D eigenvalue weighted by Gasteiger charge is 2.57. The molecule has 3 aliphatic heterocycles. The molecule has 238 valence electrons. The lowest BCUT2D eigenvalue weighted by Crippen LogP contribution is -2.73. The number of carbonyl (C=O) groups is 4. The number of benzene rings is 2. The summed E-state index contributed by atoms with van der Waals surface area (Å²) in [6.07, 6.45) is 10.1. The minimum absolute atomic E-state index is 0.0257. The maximum absolute atomic E-state index is 14.0. The lowest BCUT2D eigenvalue weighted by Gasteiger charge is -2.52. The molecule has 4 aliphatic rings. The zero-order valence-corrected chi connectivity index (χ0v) is 26.1. The second-order valence-electron chi connectivity index (χ2n) is 12.7. The molecule has 9 heteroatoms. The van der Waals surface area contributed by atoms with E-state index in [0.717, 1.165) is 24.2 Å². The van der Waals surface area contributed by atoms with E-state index < -0.39 is 30.3 Å². The van der Waals surface area contributed by atoms with Crippen molar-refractivity contribution < 1.29 is 23.9 Å². The smallest absolute Gasteiger partial charge is 0.411 e. The van der Waals surface area contributed by atoms with E-state index in [-0.39, 0.29) is 37.0 Å². The van der Waals surface area contributed by atoms with Gasteiger partial charge in [0.05, 0.1) is 18.1 Å². The Kier molecular flexibility index (Phi) is 9.64. The van der Waals surface area contributed by atoms with Crippen molar-refractivity contribution >= 4 is 29.8 Å². The van der Waals surface area contributed by atoms with Gasteiger partial charge in [-0.25, -0.2) is 4.79 Å². The second kappa shape index (κ2) is 14.0. The van der Waals surface area contributed by atoms with Crippen molar-refractivity contribution in [1.29, 1.82) is 0 Å². The molecule has 3 heterocycles. The van der Waals surface area contributed by atoms with E-state index in [9.17, 15) is 19.2 Å². The third kappa shape index (κ3) is 6.69. The number of amides is 3. The molecule has 0 N–H and O–H groups in total. The number of Topliss-reactive ketones (excluding diaryl/α,β-unsaturated/α-hetero) is 1. The zero-order valence-electron chi connectivity index (χ0n) is 26.1. The summed E-state index contributed by atoms with van der Waals surface area (Å²) in [7, 11) is 0. The SMILES string of the molecule is CC(=O)[C@H](CCC(=O)N1CCN(C2CCCCC2)CC1)N1C(=O)[C@@H](N2C(=O)OC[C@@H]2c2ccccc2)[C@H]1/C=C/c1ccccc1. The van der Waals surface area contributed by atoms with Crippen LogP contribution in [0.3, 0.4) is 0 Å². The Labute approximate surface area is 265 Å². The Hall–Kier alpha value is -3.98. The number of piperazine rings is 1. The first-order valence-corrected chi connectivity index (χ1v) is 16.5. The molecule has 9 nitrogen and oxygen atoms in total. The number of hydrogen-bond acceptors (Lipinski definition) is 6. The summed E-state index contributed by atoms with van der Waals surface area (Å²) in [5, 5.41) is 0. The topological polar surface area (TPSA) is 90.5 Å². The summed E-state index contributed by atoms with van der Waals surface area (Å²) < 4.78 is 5.46. The third-order valence-corrected chi connectivity index (χ3v) is 10.0. The second-order valence-corrected chi connectivity index (χ2v) is 12.7. The van der Waals surface area contributed by atoms with Crippen molar-refractivity contribution in [1.82, 2.24) is 19.6 Å². The molecule has 3 saturated heterocycles. The minimum Gasteiger partial charge on any atom is -0.447 e. The zero-order chi connectivity index (χ0) is 31.3. The Balaban J connectivity index is 1.17. The average molecular weight is 613 g/mol. The van der Waals surface area contributed by atoms with Gasteiger partial charge in [-0.2, -0.15) is 0 Å². The monoisotopic (exact) mass is 612 g/mol. The summed E-state index contributed by atoms with van der Waals surface area (Å²) in [6.45, 7) is 4.81. The molecule has 4 atom stereocenters. The van der Waals surface area contributed by atoms with Gasteiger partial charge in [0.15, 0.2) is 5.78 Å². The maximum Gasteiger partial charge on any atom is 0.411 e. The van der Waals surface area contributed by atoms with Crippen LogP contribution in [-0.2, 0) is 19.1 Å². The van der Waals surface area contributed by atoms with Crippen LogP contribution < -0.4 is 0 Å². The number of carbonyl (C=O) groups excluding carboxylic acids is 4. The molecule has 0 bridgehead atoms. The van der Waals surface area contributed by atoms with Crippen molar-refractivity contribution in [3.8, 4) is 0 Å². The number of likely N-dealkylation sites (tertiary alicyclic amines) is 1. The van der Waals surface area contributed by atoms with Crippen LogP contribution in [0.1, 0.15) is 69.0 Å². The Morgan fingerprint density at radius 2 is 1.58 bits per heavy atom. The van der Waals surface area contributed by atoms with E-state index in [1.807, 2.05) is 77.7 Å². The molecule has 0 spiro atoms. The highest BCUT2D eigenvalue weighted by molar-refractivity contribution is 5.98. The normalized spacial score (nSPS) is 25.4. The predicted molar refractivity (Wildman–Crippen MR) is 171 cm³/mol. The van der Waals surface area contributed by atoms with Crippen LogP contribution in [0.25, 0.3) is 6.08 Å². The number of rotatable bonds is 10. The van der Waals surface area contributed by atoms with Crippen molar-refractivity contribution in [2.45, 2.75) is 82.1 Å². The summed E-state index contributed by atoms with van der Waals surface area (Å²) in [4.78, 5) is 61.0. The van der Waals surface area contributed by atoms with Crippen LogP contribution in [0.2, 0.25) is 0 Å². The van der Waals surface area contributed by atoms with Crippen LogP contribution in [0.4, 0.5) is 4.79 Å². The minimum atomic E-state index is -0.810. The van der Waals surface area contributed by atoms with Gasteiger partial charge in [-0.05, 0) is 37.3 Å². The molecule has 0 aromatic heterocycles. The van der Waals surface area contributed by atoms with E-state index in [1.165, 1.54) is 43.9 Å². The van der Waals surface area contributed by atoms with Gasteiger partial charge in [0.2, 0.25) is 11.8 Å². The molecule has 0 radical (unpaired) electrons. The number of hydrogen-bond donors (Lipinski definition) is 0. The van der Waals surface area contributed by atoms with Crippen LogP contribution in [0.5, 0.6) is 0 Å². The molecule has 6 rings (SSSR count). The number of nitrogens with zero attached hydrogens (tertiary/aromatic N) is 4. The summed E-state index contributed by atoms with van der Waals surface area (Å²) in [5.41, 5.74) is 1.83. The van der Waals surface area contributed by atoms with E-state index >= 15 is 0 Å². The molecule has 2 aromatic rings. The van der Waals surface area contributed by atoms with Crippen LogP contribution in [-0.4, -0.2) is 100 Å². The molecule has 45 heavy (non-hydrogen) atoms. The first-order valence-electron chi connectivity index (χ1n) is 16.5. The van der Waals surface area contributed by atoms with E-state index in [1.54, 1.807) is 4.90 Å². The average Bonchev–Trinajstić information content (AvgIpc) is 3.45. The quantitative estimate of drug-likeness (QED) is 0.362. The molecular weight excluding hydrogens is 568 g/mol. The van der Waals surface area contributed by atoms with Gasteiger partial charge in [-0.3, -0.25) is 24.2 Å². The van der Waals surface area contributed by atoms with E-state index in [4.69, 9.17) is 4.74 Å². The molecule has 2 aromatic carbocycles. The van der Waals surface area contributed by atoms with Gasteiger partial charge in [0.25, 0.3) is 0 Å². The molecule has 1 saturated carbocycles. The lowest BCUT2D eigenvalue weighted by molar-refractivity contribution is -0.162. The van der Waals surface area contributed by atoms with Crippen LogP contribution >= 0.6 is 0 Å². The van der Waals surface area contributed by atoms with Crippen molar-refractivity contribution in [3.05, 3.63) is 77.9 Å². The first kappa shape index (κ1) is 31.0. The first-order chi connectivity index (χ1) is 21.9. The van der Waals surface area contributed by atoms with Crippen molar-refractivity contribution in [2.24, 2.45) is 0 Å². The summed E-state index contributed by atoms with van der Waals surface area (Å²) in [6, 6.07) is 17.4. The van der Waals surface area contributed by atoms with Crippen molar-refractivity contribution in [2.75, 3.05) is 32.8 Å². The summed E-state index contributed by atoms with van der Waals surface area (Å²) in [5.74, 6) is -0.442. The molecule has 0 unspecified atom stereocenters. The van der Waals surface area contributed by atoms with Crippen molar-refractivity contribution in [3.63, 3.8) is 0 Å². The molecule has 3 amide bonds. The number of cyclic esters (lactones) is 1. The van der Waals surface area contributed by atoms with E-state index in [0.29, 0.717) is 19.1 Å². The number of ketones is 1.